The zero-order chi connectivity index (χ0) is 13.0. The van der Waals surface area contributed by atoms with Crippen molar-refractivity contribution in [2.75, 3.05) is 7.11 Å². The van der Waals surface area contributed by atoms with E-state index < -0.39 is 5.97 Å². The van der Waals surface area contributed by atoms with Gasteiger partial charge in [-0.2, -0.15) is 0 Å². The van der Waals surface area contributed by atoms with Crippen LogP contribution in [-0.2, 0) is 6.61 Å². The summed E-state index contributed by atoms with van der Waals surface area (Å²) in [6.45, 7) is 0.136. The molecule has 5 nitrogen and oxygen atoms in total. The Morgan fingerprint density at radius 2 is 2.00 bits per heavy atom. The number of carboxylic acids is 1. The number of rotatable bonds is 5. The predicted molar refractivity (Wildman–Crippen MR) is 66.4 cm³/mol. The zero-order valence-electron chi connectivity index (χ0n) is 9.62. The highest BCUT2D eigenvalue weighted by Gasteiger charge is 2.13. The van der Waals surface area contributed by atoms with Gasteiger partial charge >= 0.3 is 5.97 Å². The van der Waals surface area contributed by atoms with Crippen molar-refractivity contribution in [3.63, 3.8) is 0 Å². The smallest absolute Gasteiger partial charge is 0.347 e. The number of carboxylic acid groups (broad SMARTS) is 1. The standard InChI is InChI=1S/C12H11NO4S/c1-16-8-2-4-9(5-3-8)17-6-10-11(12(14)15)18-7-13-10/h2-5,7H,6H2,1H3,(H,14,15). The highest BCUT2D eigenvalue weighted by Crippen LogP contribution is 2.20. The third-order valence-corrected chi connectivity index (χ3v) is 3.13. The minimum atomic E-state index is -0.981. The molecule has 1 aromatic heterocycles. The van der Waals surface area contributed by atoms with Crippen LogP contribution >= 0.6 is 11.3 Å². The summed E-state index contributed by atoms with van der Waals surface area (Å²) in [6, 6.07) is 7.06. The van der Waals surface area contributed by atoms with E-state index in [0.29, 0.717) is 11.4 Å². The second-order valence-electron chi connectivity index (χ2n) is 3.40. The summed E-state index contributed by atoms with van der Waals surface area (Å²) < 4.78 is 10.5. The van der Waals surface area contributed by atoms with Crippen molar-refractivity contribution in [3.8, 4) is 11.5 Å². The molecule has 0 aliphatic rings. The van der Waals surface area contributed by atoms with Crippen LogP contribution < -0.4 is 9.47 Å². The van der Waals surface area contributed by atoms with Crippen molar-refractivity contribution in [2.24, 2.45) is 0 Å². The first-order valence-corrected chi connectivity index (χ1v) is 6.01. The fraction of sp³-hybridized carbons (Fsp3) is 0.167. The van der Waals surface area contributed by atoms with Crippen LogP contribution in [0, 0.1) is 0 Å². The molecule has 1 aromatic carbocycles. The molecule has 0 spiro atoms. The molecule has 0 aliphatic carbocycles. The van der Waals surface area contributed by atoms with Gasteiger partial charge in [-0.05, 0) is 24.3 Å². The Balaban J connectivity index is 2.02. The van der Waals surface area contributed by atoms with Gasteiger partial charge in [-0.15, -0.1) is 11.3 Å². The van der Waals surface area contributed by atoms with E-state index in [9.17, 15) is 4.79 Å². The van der Waals surface area contributed by atoms with E-state index >= 15 is 0 Å². The second kappa shape index (κ2) is 5.50. The van der Waals surface area contributed by atoms with E-state index in [1.165, 1.54) is 5.51 Å². The maximum Gasteiger partial charge on any atom is 0.347 e. The Hall–Kier alpha value is -2.08. The third kappa shape index (κ3) is 2.78. The SMILES string of the molecule is COc1ccc(OCc2ncsc2C(=O)O)cc1. The number of methoxy groups -OCH3 is 1. The van der Waals surface area contributed by atoms with Gasteiger partial charge in [0.1, 0.15) is 28.7 Å². The van der Waals surface area contributed by atoms with Crippen LogP contribution in [0.1, 0.15) is 15.4 Å². The van der Waals surface area contributed by atoms with E-state index in [0.717, 1.165) is 17.1 Å². The molecule has 0 saturated carbocycles. The topological polar surface area (TPSA) is 68.7 Å². The van der Waals surface area contributed by atoms with Crippen LogP contribution in [0.4, 0.5) is 0 Å². The molecule has 94 valence electrons. The van der Waals surface area contributed by atoms with Crippen LogP contribution in [0.5, 0.6) is 11.5 Å². The number of hydrogen-bond donors (Lipinski definition) is 1. The number of aromatic carboxylic acids is 1. The van der Waals surface area contributed by atoms with Crippen molar-refractivity contribution in [3.05, 3.63) is 40.3 Å². The van der Waals surface area contributed by atoms with E-state index in [1.54, 1.807) is 31.4 Å². The van der Waals surface area contributed by atoms with E-state index in [2.05, 4.69) is 4.98 Å². The van der Waals surface area contributed by atoms with Gasteiger partial charge in [0.15, 0.2) is 0 Å². The number of hydrogen-bond acceptors (Lipinski definition) is 5. The van der Waals surface area contributed by atoms with Gasteiger partial charge in [0.05, 0.1) is 12.6 Å². The Labute approximate surface area is 108 Å². The molecule has 0 saturated heterocycles. The first kappa shape index (κ1) is 12.4. The molecular formula is C12H11NO4S. The Morgan fingerprint density at radius 1 is 1.33 bits per heavy atom. The molecule has 0 fully saturated rings. The van der Waals surface area contributed by atoms with E-state index in [4.69, 9.17) is 14.6 Å². The highest BCUT2D eigenvalue weighted by molar-refractivity contribution is 7.11. The number of aromatic nitrogens is 1. The lowest BCUT2D eigenvalue weighted by molar-refractivity contribution is 0.0699. The molecule has 0 atom stereocenters. The van der Waals surface area contributed by atoms with Crippen molar-refractivity contribution >= 4 is 17.3 Å². The molecule has 0 radical (unpaired) electrons. The molecule has 2 rings (SSSR count). The summed E-state index contributed by atoms with van der Waals surface area (Å²) in [5.41, 5.74) is 1.93. The van der Waals surface area contributed by atoms with E-state index in [1.807, 2.05) is 0 Å². The quantitative estimate of drug-likeness (QED) is 0.899. The van der Waals surface area contributed by atoms with Crippen LogP contribution in [0.3, 0.4) is 0 Å². The summed E-state index contributed by atoms with van der Waals surface area (Å²) in [7, 11) is 1.59. The molecule has 0 amide bonds. The third-order valence-electron chi connectivity index (χ3n) is 2.27. The molecular weight excluding hydrogens is 254 g/mol. The molecule has 0 unspecified atom stereocenters. The maximum absolute atomic E-state index is 10.9. The zero-order valence-corrected chi connectivity index (χ0v) is 10.4. The minimum Gasteiger partial charge on any atom is -0.497 e. The van der Waals surface area contributed by atoms with Crippen molar-refractivity contribution in [2.45, 2.75) is 6.61 Å². The number of ether oxygens (including phenoxy) is 2. The molecule has 0 aliphatic heterocycles. The fourth-order valence-corrected chi connectivity index (χ4v) is 2.00. The van der Waals surface area contributed by atoms with Crippen molar-refractivity contribution in [1.82, 2.24) is 4.98 Å². The van der Waals surface area contributed by atoms with Crippen LogP contribution in [0.2, 0.25) is 0 Å². The van der Waals surface area contributed by atoms with Crippen LogP contribution in [0.25, 0.3) is 0 Å². The minimum absolute atomic E-state index is 0.136. The van der Waals surface area contributed by atoms with Gasteiger partial charge < -0.3 is 14.6 Å². The number of carbonyl (C=O) groups is 1. The molecule has 6 heteroatoms. The number of benzene rings is 1. The van der Waals surface area contributed by atoms with Crippen LogP contribution in [0.15, 0.2) is 29.8 Å². The first-order valence-electron chi connectivity index (χ1n) is 5.13. The van der Waals surface area contributed by atoms with E-state index in [-0.39, 0.29) is 11.5 Å². The molecule has 0 bridgehead atoms. The summed E-state index contributed by atoms with van der Waals surface area (Å²) in [6.07, 6.45) is 0. The Morgan fingerprint density at radius 3 is 2.61 bits per heavy atom. The normalized spacial score (nSPS) is 10.1. The first-order chi connectivity index (χ1) is 8.70. The lowest BCUT2D eigenvalue weighted by Crippen LogP contribution is -2.03. The summed E-state index contributed by atoms with van der Waals surface area (Å²) in [4.78, 5) is 15.1. The number of thiazole rings is 1. The van der Waals surface area contributed by atoms with Crippen molar-refractivity contribution < 1.29 is 19.4 Å². The molecule has 18 heavy (non-hydrogen) atoms. The summed E-state index contributed by atoms with van der Waals surface area (Å²) in [5, 5.41) is 8.92. The van der Waals surface area contributed by atoms with Crippen molar-refractivity contribution in [1.29, 1.82) is 0 Å². The van der Waals surface area contributed by atoms with Crippen LogP contribution in [-0.4, -0.2) is 23.2 Å². The summed E-state index contributed by atoms with van der Waals surface area (Å²) in [5.74, 6) is 0.396. The monoisotopic (exact) mass is 265 g/mol. The lowest BCUT2D eigenvalue weighted by atomic mass is 10.3. The Bertz CT molecular complexity index is 535. The predicted octanol–water partition coefficient (Wildman–Crippen LogP) is 2.43. The second-order valence-corrected chi connectivity index (χ2v) is 4.25. The highest BCUT2D eigenvalue weighted by atomic mass is 32.1. The average Bonchev–Trinajstić information content (AvgIpc) is 2.85. The average molecular weight is 265 g/mol. The molecule has 2 aromatic rings. The van der Waals surface area contributed by atoms with Gasteiger partial charge in [0.25, 0.3) is 0 Å². The van der Waals surface area contributed by atoms with Gasteiger partial charge in [0.2, 0.25) is 0 Å². The largest absolute Gasteiger partial charge is 0.497 e. The number of nitrogens with zero attached hydrogens (tertiary/aromatic N) is 1. The Kier molecular flexibility index (Phi) is 3.78. The van der Waals surface area contributed by atoms with Gasteiger partial charge in [-0.1, -0.05) is 0 Å². The van der Waals surface area contributed by atoms with Gasteiger partial charge in [0, 0.05) is 0 Å². The molecule has 1 N–H and O–H groups in total. The molecule has 1 heterocycles. The van der Waals surface area contributed by atoms with Gasteiger partial charge in [-0.25, -0.2) is 9.78 Å². The summed E-state index contributed by atoms with van der Waals surface area (Å²) >= 11 is 1.09. The lowest BCUT2D eigenvalue weighted by Gasteiger charge is -2.06. The maximum atomic E-state index is 10.9. The fourth-order valence-electron chi connectivity index (χ4n) is 1.37. The van der Waals surface area contributed by atoms with Gasteiger partial charge in [-0.3, -0.25) is 0 Å².